The van der Waals surface area contributed by atoms with E-state index in [0.717, 1.165) is 38.9 Å². The normalized spacial score (nSPS) is 22.0. The van der Waals surface area contributed by atoms with E-state index in [1.807, 2.05) is 11.0 Å². The topological polar surface area (TPSA) is 67.4 Å². The van der Waals surface area contributed by atoms with Crippen molar-refractivity contribution in [3.05, 3.63) is 48.0 Å². The predicted octanol–water partition coefficient (Wildman–Crippen LogP) is 3.08. The molecule has 148 valence electrons. The van der Waals surface area contributed by atoms with Crippen molar-refractivity contribution in [2.75, 3.05) is 32.1 Å². The fourth-order valence-electron chi connectivity index (χ4n) is 4.02. The summed E-state index contributed by atoms with van der Waals surface area (Å²) in [7, 11) is 1.58. The molecular weight excluding hydrogens is 359 g/mol. The van der Waals surface area contributed by atoms with Gasteiger partial charge in [-0.15, -0.1) is 0 Å². The van der Waals surface area contributed by atoms with Crippen molar-refractivity contribution in [1.82, 2.24) is 14.9 Å². The van der Waals surface area contributed by atoms with E-state index in [1.165, 1.54) is 6.07 Å². The Kier molecular flexibility index (Phi) is 5.41. The molecule has 0 radical (unpaired) electrons. The second-order valence-electron chi connectivity index (χ2n) is 7.53. The fourth-order valence-corrected chi connectivity index (χ4v) is 4.02. The molecule has 2 heterocycles. The number of piperidine rings is 1. The highest BCUT2D eigenvalue weighted by Gasteiger charge is 2.47. The number of nitrogens with zero attached hydrogens (tertiary/aromatic N) is 3. The number of amides is 1. The van der Waals surface area contributed by atoms with E-state index < -0.39 is 0 Å². The summed E-state index contributed by atoms with van der Waals surface area (Å²) in [5.74, 6) is 1.56. The van der Waals surface area contributed by atoms with Gasteiger partial charge in [0.2, 0.25) is 5.91 Å². The van der Waals surface area contributed by atoms with Gasteiger partial charge in [-0.3, -0.25) is 4.79 Å². The maximum atomic E-state index is 13.9. The SMILES string of the molecule is COc1nccnc1NCC1CCN(C(=O)C2C[C@H]2c2ccccc2F)CC1. The third-order valence-corrected chi connectivity index (χ3v) is 5.75. The van der Waals surface area contributed by atoms with Crippen molar-refractivity contribution in [3.8, 4) is 5.88 Å². The van der Waals surface area contributed by atoms with Gasteiger partial charge in [0.05, 0.1) is 7.11 Å². The molecule has 2 atom stereocenters. The minimum absolute atomic E-state index is 0.0391. The summed E-state index contributed by atoms with van der Waals surface area (Å²) in [5.41, 5.74) is 0.679. The van der Waals surface area contributed by atoms with E-state index in [2.05, 4.69) is 15.3 Å². The van der Waals surface area contributed by atoms with Gasteiger partial charge in [0, 0.05) is 37.9 Å². The Hall–Kier alpha value is -2.70. The van der Waals surface area contributed by atoms with Gasteiger partial charge in [-0.1, -0.05) is 18.2 Å². The zero-order chi connectivity index (χ0) is 19.5. The number of carbonyl (C=O) groups is 1. The standard InChI is InChI=1S/C21H25FN4O2/c1-28-20-19(23-8-9-24-20)25-13-14-6-10-26(11-7-14)21(27)17-12-16(17)15-4-2-3-5-18(15)22/h2-5,8-9,14,16-17H,6-7,10-13H2,1H3,(H,23,25)/t16-,17?/m0/s1. The summed E-state index contributed by atoms with van der Waals surface area (Å²) in [5, 5.41) is 3.30. The minimum Gasteiger partial charge on any atom is -0.478 e. The Bertz CT molecular complexity index is 839. The highest BCUT2D eigenvalue weighted by Crippen LogP contribution is 2.49. The molecule has 2 aliphatic rings. The lowest BCUT2D eigenvalue weighted by atomic mass is 9.96. The number of anilines is 1. The number of hydrogen-bond donors (Lipinski definition) is 1. The molecule has 6 nitrogen and oxygen atoms in total. The molecule has 7 heteroatoms. The van der Waals surface area contributed by atoms with Crippen LogP contribution in [-0.4, -0.2) is 47.5 Å². The molecule has 1 unspecified atom stereocenters. The first-order valence-electron chi connectivity index (χ1n) is 9.79. The highest BCUT2D eigenvalue weighted by atomic mass is 19.1. The Balaban J connectivity index is 1.25. The molecule has 1 saturated heterocycles. The van der Waals surface area contributed by atoms with Crippen molar-refractivity contribution in [2.24, 2.45) is 11.8 Å². The summed E-state index contributed by atoms with van der Waals surface area (Å²) < 4.78 is 19.1. The minimum atomic E-state index is -0.202. The second-order valence-corrected chi connectivity index (χ2v) is 7.53. The van der Waals surface area contributed by atoms with Gasteiger partial charge in [-0.2, -0.15) is 0 Å². The van der Waals surface area contributed by atoms with E-state index in [4.69, 9.17) is 4.74 Å². The Morgan fingerprint density at radius 2 is 2.00 bits per heavy atom. The molecule has 1 aliphatic heterocycles. The summed E-state index contributed by atoms with van der Waals surface area (Å²) in [4.78, 5) is 23.1. The second kappa shape index (κ2) is 8.12. The maximum Gasteiger partial charge on any atom is 0.257 e. The number of halogens is 1. The van der Waals surface area contributed by atoms with Gasteiger partial charge in [-0.25, -0.2) is 14.4 Å². The lowest BCUT2D eigenvalue weighted by Gasteiger charge is -2.32. The first-order chi connectivity index (χ1) is 13.7. The molecule has 1 amide bonds. The van der Waals surface area contributed by atoms with Crippen LogP contribution in [0.3, 0.4) is 0 Å². The van der Waals surface area contributed by atoms with E-state index in [9.17, 15) is 9.18 Å². The third kappa shape index (κ3) is 3.93. The van der Waals surface area contributed by atoms with Crippen LogP contribution in [0.1, 0.15) is 30.7 Å². The molecule has 0 bridgehead atoms. The monoisotopic (exact) mass is 384 g/mol. The average Bonchev–Trinajstić information content (AvgIpc) is 3.53. The van der Waals surface area contributed by atoms with Gasteiger partial charge in [0.1, 0.15) is 5.82 Å². The van der Waals surface area contributed by atoms with Crippen LogP contribution in [0, 0.1) is 17.7 Å². The van der Waals surface area contributed by atoms with Crippen LogP contribution in [0.25, 0.3) is 0 Å². The molecule has 1 aromatic heterocycles. The molecule has 2 fully saturated rings. The number of carbonyl (C=O) groups excluding carboxylic acids is 1. The van der Waals surface area contributed by atoms with Crippen molar-refractivity contribution in [2.45, 2.75) is 25.2 Å². The number of methoxy groups -OCH3 is 1. The highest BCUT2D eigenvalue weighted by molar-refractivity contribution is 5.83. The number of benzene rings is 1. The number of nitrogens with one attached hydrogen (secondary N) is 1. The van der Waals surface area contributed by atoms with E-state index in [1.54, 1.807) is 31.6 Å². The predicted molar refractivity (Wildman–Crippen MR) is 104 cm³/mol. The third-order valence-electron chi connectivity index (χ3n) is 5.75. The Labute approximate surface area is 164 Å². The van der Waals surface area contributed by atoms with Crippen LogP contribution < -0.4 is 10.1 Å². The van der Waals surface area contributed by atoms with Crippen molar-refractivity contribution in [3.63, 3.8) is 0 Å². The summed E-state index contributed by atoms with van der Waals surface area (Å²) in [6.45, 7) is 2.28. The molecule has 1 saturated carbocycles. The van der Waals surface area contributed by atoms with Gasteiger partial charge >= 0.3 is 0 Å². The quantitative estimate of drug-likeness (QED) is 0.829. The van der Waals surface area contributed by atoms with Gasteiger partial charge < -0.3 is 15.0 Å². The van der Waals surface area contributed by atoms with E-state index >= 15 is 0 Å². The molecule has 28 heavy (non-hydrogen) atoms. The summed E-state index contributed by atoms with van der Waals surface area (Å²) in [6, 6.07) is 6.79. The first-order valence-corrected chi connectivity index (χ1v) is 9.79. The lowest BCUT2D eigenvalue weighted by Crippen LogP contribution is -2.40. The molecule has 1 N–H and O–H groups in total. The maximum absolute atomic E-state index is 13.9. The summed E-state index contributed by atoms with van der Waals surface area (Å²) >= 11 is 0. The zero-order valence-electron chi connectivity index (χ0n) is 16.0. The molecular formula is C21H25FN4O2. The van der Waals surface area contributed by atoms with Crippen molar-refractivity contribution >= 4 is 11.7 Å². The Morgan fingerprint density at radius 3 is 2.75 bits per heavy atom. The zero-order valence-corrected chi connectivity index (χ0v) is 16.0. The number of aromatic nitrogens is 2. The Morgan fingerprint density at radius 1 is 1.25 bits per heavy atom. The van der Waals surface area contributed by atoms with Crippen LogP contribution in [0.4, 0.5) is 10.2 Å². The first kappa shape index (κ1) is 18.7. The molecule has 1 aliphatic carbocycles. The average molecular weight is 384 g/mol. The smallest absolute Gasteiger partial charge is 0.257 e. The van der Waals surface area contributed by atoms with Crippen LogP contribution in [-0.2, 0) is 4.79 Å². The number of likely N-dealkylation sites (tertiary alicyclic amines) is 1. The van der Waals surface area contributed by atoms with E-state index in [0.29, 0.717) is 23.2 Å². The van der Waals surface area contributed by atoms with Gasteiger partial charge in [-0.05, 0) is 42.7 Å². The van der Waals surface area contributed by atoms with Crippen LogP contribution in [0.2, 0.25) is 0 Å². The molecule has 1 aromatic carbocycles. The number of rotatable bonds is 6. The van der Waals surface area contributed by atoms with Gasteiger partial charge in [0.15, 0.2) is 5.82 Å². The van der Waals surface area contributed by atoms with Crippen molar-refractivity contribution in [1.29, 1.82) is 0 Å². The molecule has 2 aromatic rings. The van der Waals surface area contributed by atoms with Crippen LogP contribution >= 0.6 is 0 Å². The number of hydrogen-bond acceptors (Lipinski definition) is 5. The van der Waals surface area contributed by atoms with E-state index in [-0.39, 0.29) is 23.6 Å². The lowest BCUT2D eigenvalue weighted by molar-refractivity contribution is -0.134. The van der Waals surface area contributed by atoms with Crippen LogP contribution in [0.15, 0.2) is 36.7 Å². The van der Waals surface area contributed by atoms with Crippen LogP contribution in [0.5, 0.6) is 5.88 Å². The fraction of sp³-hybridized carbons (Fsp3) is 0.476. The molecule has 0 spiro atoms. The molecule has 4 rings (SSSR count). The summed E-state index contributed by atoms with van der Waals surface area (Å²) in [6.07, 6.45) is 5.87. The van der Waals surface area contributed by atoms with Gasteiger partial charge in [0.25, 0.3) is 5.88 Å². The number of ether oxygens (including phenoxy) is 1. The largest absolute Gasteiger partial charge is 0.478 e. The van der Waals surface area contributed by atoms with Crippen molar-refractivity contribution < 1.29 is 13.9 Å².